The van der Waals surface area contributed by atoms with Crippen LogP contribution in [0.3, 0.4) is 0 Å². The summed E-state index contributed by atoms with van der Waals surface area (Å²) in [6.07, 6.45) is 2.81. The van der Waals surface area contributed by atoms with Gasteiger partial charge in [0.25, 0.3) is 0 Å². The zero-order valence-corrected chi connectivity index (χ0v) is 16.6. The SMILES string of the molecule is C=C1NC(=S)NC12c1cc(C)ccc1OC21CCc2ccccc2C(C)C1. The normalized spacial score (nSPS) is 31.1. The second-order valence-corrected chi connectivity index (χ2v) is 8.62. The Bertz CT molecular complexity index is 984. The second-order valence-electron chi connectivity index (χ2n) is 8.21. The van der Waals surface area contributed by atoms with Crippen molar-refractivity contribution < 1.29 is 4.74 Å². The molecule has 2 aromatic carbocycles. The molecule has 2 aliphatic heterocycles. The van der Waals surface area contributed by atoms with Crippen molar-refractivity contribution in [2.45, 2.75) is 50.2 Å². The maximum atomic E-state index is 6.81. The van der Waals surface area contributed by atoms with Crippen molar-refractivity contribution in [3.8, 4) is 5.75 Å². The van der Waals surface area contributed by atoms with Crippen LogP contribution in [0.15, 0.2) is 54.7 Å². The first-order valence-corrected chi connectivity index (χ1v) is 10.0. The zero-order valence-electron chi connectivity index (χ0n) is 15.8. The lowest BCUT2D eigenvalue weighted by atomic mass is 9.69. The molecule has 1 saturated heterocycles. The van der Waals surface area contributed by atoms with E-state index >= 15 is 0 Å². The van der Waals surface area contributed by atoms with E-state index in [1.54, 1.807) is 0 Å². The Hall–Kier alpha value is -2.33. The Balaban J connectivity index is 1.70. The molecule has 0 saturated carbocycles. The molecule has 0 amide bonds. The highest BCUT2D eigenvalue weighted by Crippen LogP contribution is 2.58. The maximum Gasteiger partial charge on any atom is 0.171 e. The highest BCUT2D eigenvalue weighted by Gasteiger charge is 2.65. The largest absolute Gasteiger partial charge is 0.484 e. The van der Waals surface area contributed by atoms with Gasteiger partial charge in [-0.3, -0.25) is 0 Å². The number of rotatable bonds is 0. The van der Waals surface area contributed by atoms with Crippen LogP contribution < -0.4 is 15.4 Å². The Morgan fingerprint density at radius 1 is 1.22 bits per heavy atom. The van der Waals surface area contributed by atoms with Crippen LogP contribution in [0, 0.1) is 6.92 Å². The minimum absolute atomic E-state index is 0.389. The van der Waals surface area contributed by atoms with Gasteiger partial charge in [0.1, 0.15) is 16.9 Å². The molecular weight excluding hydrogens is 352 g/mol. The van der Waals surface area contributed by atoms with Gasteiger partial charge in [-0.25, -0.2) is 0 Å². The van der Waals surface area contributed by atoms with Gasteiger partial charge >= 0.3 is 0 Å². The molecule has 3 nitrogen and oxygen atoms in total. The first-order chi connectivity index (χ1) is 12.9. The van der Waals surface area contributed by atoms with Gasteiger partial charge in [0.05, 0.1) is 0 Å². The topological polar surface area (TPSA) is 33.3 Å². The molecule has 3 atom stereocenters. The molecule has 2 N–H and O–H groups in total. The standard InChI is InChI=1S/C23H24N2OS/c1-14-8-9-20-19(12-14)23(16(3)24-21(27)25-23)22(26-20)11-10-17-6-4-5-7-18(17)15(2)13-22/h4-9,12,15H,3,10-11,13H2,1-2H3,(H2,24,25,27). The van der Waals surface area contributed by atoms with Crippen molar-refractivity contribution in [3.63, 3.8) is 0 Å². The predicted molar refractivity (Wildman–Crippen MR) is 112 cm³/mol. The Labute approximate surface area is 165 Å². The highest BCUT2D eigenvalue weighted by molar-refractivity contribution is 7.80. The number of nitrogens with one attached hydrogen (secondary N) is 2. The molecule has 1 aliphatic carbocycles. The Morgan fingerprint density at radius 2 is 2.04 bits per heavy atom. The maximum absolute atomic E-state index is 6.81. The molecule has 2 heterocycles. The fraction of sp³-hybridized carbons (Fsp3) is 0.348. The number of hydrogen-bond acceptors (Lipinski definition) is 2. The van der Waals surface area contributed by atoms with Gasteiger partial charge in [0.2, 0.25) is 0 Å². The molecule has 0 radical (unpaired) electrons. The second kappa shape index (κ2) is 5.59. The predicted octanol–water partition coefficient (Wildman–Crippen LogP) is 4.45. The molecule has 0 aromatic heterocycles. The monoisotopic (exact) mass is 376 g/mol. The van der Waals surface area contributed by atoms with Crippen LogP contribution in [0.1, 0.15) is 47.9 Å². The Kier molecular flexibility index (Phi) is 3.48. The molecular formula is C23H24N2OS. The van der Waals surface area contributed by atoms with Crippen LogP contribution in [0.2, 0.25) is 0 Å². The van der Waals surface area contributed by atoms with E-state index in [0.717, 1.165) is 36.3 Å². The number of ether oxygens (including phenoxy) is 1. The van der Waals surface area contributed by atoms with Gasteiger partial charge in [0.15, 0.2) is 5.11 Å². The lowest BCUT2D eigenvalue weighted by molar-refractivity contribution is 0.00876. The smallest absolute Gasteiger partial charge is 0.171 e. The minimum atomic E-state index is -0.526. The molecule has 1 fully saturated rings. The summed E-state index contributed by atoms with van der Waals surface area (Å²) in [6.45, 7) is 8.81. The van der Waals surface area contributed by atoms with Crippen molar-refractivity contribution >= 4 is 17.3 Å². The lowest BCUT2D eigenvalue weighted by Gasteiger charge is -2.43. The third-order valence-electron chi connectivity index (χ3n) is 6.57. The van der Waals surface area contributed by atoms with Crippen LogP contribution in [0.4, 0.5) is 0 Å². The van der Waals surface area contributed by atoms with Gasteiger partial charge in [-0.05, 0) is 67.6 Å². The average Bonchev–Trinajstić information content (AvgIpc) is 3.03. The van der Waals surface area contributed by atoms with Crippen LogP contribution in [-0.4, -0.2) is 10.7 Å². The molecule has 5 rings (SSSR count). The molecule has 0 bridgehead atoms. The summed E-state index contributed by atoms with van der Waals surface area (Å²) >= 11 is 5.51. The summed E-state index contributed by atoms with van der Waals surface area (Å²) in [4.78, 5) is 0. The summed E-state index contributed by atoms with van der Waals surface area (Å²) in [6, 6.07) is 15.2. The molecule has 138 valence electrons. The highest BCUT2D eigenvalue weighted by atomic mass is 32.1. The molecule has 3 unspecified atom stereocenters. The van der Waals surface area contributed by atoms with E-state index in [-0.39, 0.29) is 0 Å². The first kappa shape index (κ1) is 16.8. The van der Waals surface area contributed by atoms with Crippen LogP contribution in [-0.2, 0) is 12.0 Å². The van der Waals surface area contributed by atoms with E-state index in [1.165, 1.54) is 16.7 Å². The van der Waals surface area contributed by atoms with Crippen LogP contribution in [0.5, 0.6) is 5.75 Å². The number of aryl methyl sites for hydroxylation is 2. The van der Waals surface area contributed by atoms with Crippen molar-refractivity contribution in [2.24, 2.45) is 0 Å². The molecule has 27 heavy (non-hydrogen) atoms. The molecule has 2 spiro atoms. The van der Waals surface area contributed by atoms with Crippen molar-refractivity contribution in [1.29, 1.82) is 0 Å². The lowest BCUT2D eigenvalue weighted by Crippen LogP contribution is -2.58. The minimum Gasteiger partial charge on any atom is -0.484 e. The van der Waals surface area contributed by atoms with E-state index in [2.05, 4.69) is 73.5 Å². The number of benzene rings is 2. The average molecular weight is 377 g/mol. The van der Waals surface area contributed by atoms with E-state index < -0.39 is 11.1 Å². The van der Waals surface area contributed by atoms with Crippen molar-refractivity contribution in [1.82, 2.24) is 10.6 Å². The van der Waals surface area contributed by atoms with E-state index in [9.17, 15) is 0 Å². The van der Waals surface area contributed by atoms with Gasteiger partial charge in [-0.15, -0.1) is 0 Å². The van der Waals surface area contributed by atoms with E-state index in [4.69, 9.17) is 17.0 Å². The summed E-state index contributed by atoms with van der Waals surface area (Å²) in [7, 11) is 0. The molecule has 4 heteroatoms. The molecule has 2 aromatic rings. The first-order valence-electron chi connectivity index (χ1n) is 9.62. The Morgan fingerprint density at radius 3 is 2.81 bits per heavy atom. The summed E-state index contributed by atoms with van der Waals surface area (Å²) in [5.74, 6) is 1.33. The van der Waals surface area contributed by atoms with Gasteiger partial charge in [-0.2, -0.15) is 0 Å². The number of fused-ring (bicyclic) bond motifs is 4. The zero-order chi connectivity index (χ0) is 18.8. The van der Waals surface area contributed by atoms with Gasteiger partial charge in [-0.1, -0.05) is 49.4 Å². The molecule has 3 aliphatic rings. The van der Waals surface area contributed by atoms with Crippen LogP contribution in [0.25, 0.3) is 0 Å². The van der Waals surface area contributed by atoms with Crippen molar-refractivity contribution in [3.05, 3.63) is 77.0 Å². The van der Waals surface area contributed by atoms with Gasteiger partial charge in [0, 0.05) is 11.3 Å². The van der Waals surface area contributed by atoms with Gasteiger partial charge < -0.3 is 15.4 Å². The fourth-order valence-corrected chi connectivity index (χ4v) is 5.68. The van der Waals surface area contributed by atoms with E-state index in [0.29, 0.717) is 11.0 Å². The number of hydrogen-bond donors (Lipinski definition) is 2. The third kappa shape index (κ3) is 2.16. The number of thiocarbonyl (C=S) groups is 1. The van der Waals surface area contributed by atoms with Crippen LogP contribution >= 0.6 is 12.2 Å². The quantitative estimate of drug-likeness (QED) is 0.666. The summed E-state index contributed by atoms with van der Waals surface area (Å²) < 4.78 is 6.81. The van der Waals surface area contributed by atoms with E-state index in [1.807, 2.05) is 0 Å². The fourth-order valence-electron chi connectivity index (χ4n) is 5.40. The summed E-state index contributed by atoms with van der Waals surface area (Å²) in [5, 5.41) is 7.51. The van der Waals surface area contributed by atoms with Crippen molar-refractivity contribution in [2.75, 3.05) is 0 Å². The third-order valence-corrected chi connectivity index (χ3v) is 6.77. The summed E-state index contributed by atoms with van der Waals surface area (Å²) in [5.41, 5.74) is 5.17.